The van der Waals surface area contributed by atoms with Crippen LogP contribution in [0.2, 0.25) is 0 Å². The lowest BCUT2D eigenvalue weighted by Crippen LogP contribution is -2.26. The monoisotopic (exact) mass is 818 g/mol. The van der Waals surface area contributed by atoms with Crippen molar-refractivity contribution >= 4 is 24.2 Å². The van der Waals surface area contributed by atoms with Crippen LogP contribution in [0.15, 0.2) is 0 Å². The predicted molar refractivity (Wildman–Crippen MR) is 204 cm³/mol. The minimum absolute atomic E-state index is 0.154. The van der Waals surface area contributed by atoms with E-state index in [4.69, 9.17) is 47.4 Å². The van der Waals surface area contributed by atoms with Crippen LogP contribution in [0.3, 0.4) is 0 Å². The minimum atomic E-state index is -0.557. The summed E-state index contributed by atoms with van der Waals surface area (Å²) in [4.78, 5) is 47.4. The molecule has 4 aliphatic heterocycles. The van der Waals surface area contributed by atoms with E-state index >= 15 is 0 Å². The molecule has 9 rings (SSSR count). The third kappa shape index (κ3) is 13.4. The summed E-state index contributed by atoms with van der Waals surface area (Å²) in [6, 6.07) is 0. The van der Waals surface area contributed by atoms with Crippen molar-refractivity contribution in [2.24, 2.45) is 35.5 Å². The van der Waals surface area contributed by atoms with Gasteiger partial charge in [0.1, 0.15) is 0 Å². The van der Waals surface area contributed by atoms with E-state index in [2.05, 4.69) is 0 Å². The molecule has 58 heavy (non-hydrogen) atoms. The molecule has 0 bridgehead atoms. The molecule has 0 spiro atoms. The van der Waals surface area contributed by atoms with Crippen LogP contribution >= 0.6 is 0 Å². The normalized spacial score (nSPS) is 38.6. The molecule has 14 nitrogen and oxygen atoms in total. The molecule has 326 valence electrons. The molecule has 5 saturated carbocycles. The topological polar surface area (TPSA) is 174 Å². The number of hydrogen-bond acceptors (Lipinski definition) is 14. The molecule has 0 aromatic heterocycles. The van der Waals surface area contributed by atoms with E-state index in [0.29, 0.717) is 150 Å². The van der Waals surface area contributed by atoms with Gasteiger partial charge in [0.05, 0.1) is 88.5 Å². The van der Waals surface area contributed by atoms with Crippen LogP contribution in [0, 0.1) is 35.5 Å². The molecule has 0 N–H and O–H groups in total. The summed E-state index contributed by atoms with van der Waals surface area (Å²) in [5, 5.41) is 0. The Kier molecular flexibility index (Phi) is 14.7. The standard InChI is InChI=1S/C24H36O8.C20H30O6/c25-23(29-13-17-5-7-19-21(9-17)31-19)27-11-15-1-2-16(4-3-15)12-28-24(26)30-14-18-6-8-20-22(10-18)32-20;21-19(23-11-13-5-7-15-17(9-13)25-15)3-1-2-4-20(22)24-12-14-6-8-16-18(10-14)26-16/h15-22H,1-14H2;13-18H,1-12H2. The lowest BCUT2D eigenvalue weighted by molar-refractivity contribution is -0.147. The fourth-order valence-corrected chi connectivity index (χ4v) is 10.0. The quantitative estimate of drug-likeness (QED) is 0.0635. The number of fused-ring (bicyclic) bond motifs is 4. The van der Waals surface area contributed by atoms with Gasteiger partial charge in [-0.15, -0.1) is 0 Å². The highest BCUT2D eigenvalue weighted by Gasteiger charge is 2.46. The van der Waals surface area contributed by atoms with Crippen molar-refractivity contribution < 1.29 is 66.5 Å². The summed E-state index contributed by atoms with van der Waals surface area (Å²) in [5.41, 5.74) is 0. The molecular formula is C44H66O14. The predicted octanol–water partition coefficient (Wildman–Crippen LogP) is 7.00. The van der Waals surface area contributed by atoms with Crippen LogP contribution in [-0.4, -0.2) is 113 Å². The van der Waals surface area contributed by atoms with E-state index in [1.807, 2.05) is 0 Å². The molecule has 5 aliphatic carbocycles. The van der Waals surface area contributed by atoms with Gasteiger partial charge in [0.25, 0.3) is 0 Å². The number of esters is 2. The number of rotatable bonds is 17. The Morgan fingerprint density at radius 1 is 0.328 bits per heavy atom. The maximum atomic E-state index is 11.9. The van der Waals surface area contributed by atoms with Gasteiger partial charge in [0, 0.05) is 12.8 Å². The number of hydrogen-bond donors (Lipinski definition) is 0. The highest BCUT2D eigenvalue weighted by molar-refractivity contribution is 5.70. The van der Waals surface area contributed by atoms with Crippen LogP contribution < -0.4 is 0 Å². The Morgan fingerprint density at radius 3 is 0.879 bits per heavy atom. The second-order valence-electron chi connectivity index (χ2n) is 18.8. The van der Waals surface area contributed by atoms with Crippen molar-refractivity contribution in [3.8, 4) is 0 Å². The summed E-state index contributed by atoms with van der Waals surface area (Å²) in [5.74, 6) is 2.09. The number of carbonyl (C=O) groups is 4. The van der Waals surface area contributed by atoms with Crippen molar-refractivity contribution in [2.45, 2.75) is 177 Å². The highest BCUT2D eigenvalue weighted by Crippen LogP contribution is 2.42. The van der Waals surface area contributed by atoms with E-state index in [-0.39, 0.29) is 11.9 Å². The molecule has 9 fully saturated rings. The SMILES string of the molecule is O=C(CCCCC(=O)OCC1CCC2OC2C1)OCC1CCC2OC2C1.O=C(OCC1CCC(COC(=O)OCC2CCC3OC3C2)CC1)OCC1CCC2OC2C1. The lowest BCUT2D eigenvalue weighted by Gasteiger charge is -2.27. The molecule has 4 heterocycles. The first-order chi connectivity index (χ1) is 28.3. The molecular weight excluding hydrogens is 752 g/mol. The number of carbonyl (C=O) groups excluding carboxylic acids is 4. The van der Waals surface area contributed by atoms with Crippen molar-refractivity contribution in [1.82, 2.24) is 0 Å². The van der Waals surface area contributed by atoms with Crippen molar-refractivity contribution in [1.29, 1.82) is 0 Å². The molecule has 4 saturated heterocycles. The van der Waals surface area contributed by atoms with E-state index < -0.39 is 12.3 Å². The molecule has 12 atom stereocenters. The molecule has 0 radical (unpaired) electrons. The van der Waals surface area contributed by atoms with Gasteiger partial charge in [-0.25, -0.2) is 9.59 Å². The van der Waals surface area contributed by atoms with E-state index in [1.54, 1.807) is 0 Å². The van der Waals surface area contributed by atoms with Crippen LogP contribution in [0.4, 0.5) is 9.59 Å². The Bertz CT molecular complexity index is 1280. The third-order valence-corrected chi connectivity index (χ3v) is 14.1. The smallest absolute Gasteiger partial charge is 0.465 e. The molecule has 9 aliphatic rings. The lowest BCUT2D eigenvalue weighted by atomic mass is 9.83. The van der Waals surface area contributed by atoms with Gasteiger partial charge in [0.15, 0.2) is 0 Å². The van der Waals surface area contributed by atoms with Crippen LogP contribution in [-0.2, 0) is 57.0 Å². The zero-order valence-corrected chi connectivity index (χ0v) is 34.2. The Hall–Kier alpha value is -2.68. The number of epoxide rings is 4. The van der Waals surface area contributed by atoms with Gasteiger partial charge in [-0.3, -0.25) is 9.59 Å². The van der Waals surface area contributed by atoms with Gasteiger partial charge >= 0.3 is 24.2 Å². The fraction of sp³-hybridized carbons (Fsp3) is 0.909. The maximum Gasteiger partial charge on any atom is 0.508 e. The Balaban J connectivity index is 0.000000165. The van der Waals surface area contributed by atoms with E-state index in [0.717, 1.165) is 103 Å². The fourth-order valence-electron chi connectivity index (χ4n) is 10.0. The van der Waals surface area contributed by atoms with Gasteiger partial charge in [0.2, 0.25) is 0 Å². The summed E-state index contributed by atoms with van der Waals surface area (Å²) in [7, 11) is 0. The summed E-state index contributed by atoms with van der Waals surface area (Å²) < 4.78 is 54.0. The molecule has 0 aromatic rings. The molecule has 0 amide bonds. The van der Waals surface area contributed by atoms with Crippen LogP contribution in [0.1, 0.15) is 128 Å². The summed E-state index contributed by atoms with van der Waals surface area (Å²) >= 11 is 0. The Labute approximate surface area is 342 Å². The van der Waals surface area contributed by atoms with Gasteiger partial charge < -0.3 is 47.4 Å². The first kappa shape index (κ1) is 42.0. The first-order valence-electron chi connectivity index (χ1n) is 22.8. The second-order valence-corrected chi connectivity index (χ2v) is 18.8. The summed E-state index contributed by atoms with van der Waals surface area (Å²) in [6.07, 6.45) is 21.1. The second kappa shape index (κ2) is 20.3. The third-order valence-electron chi connectivity index (χ3n) is 14.1. The average Bonchev–Trinajstić information content (AvgIpc) is 4.05. The summed E-state index contributed by atoms with van der Waals surface area (Å²) in [6.45, 7) is 2.70. The number of ether oxygens (including phenoxy) is 10. The van der Waals surface area contributed by atoms with E-state index in [1.165, 1.54) is 0 Å². The highest BCUT2D eigenvalue weighted by atomic mass is 16.7. The zero-order chi connectivity index (χ0) is 39.8. The van der Waals surface area contributed by atoms with E-state index in [9.17, 15) is 19.2 Å². The maximum absolute atomic E-state index is 11.9. The molecule has 14 heteroatoms. The van der Waals surface area contributed by atoms with Crippen LogP contribution in [0.25, 0.3) is 0 Å². The Morgan fingerprint density at radius 2 is 0.586 bits per heavy atom. The number of unbranched alkanes of at least 4 members (excludes halogenated alkanes) is 1. The van der Waals surface area contributed by atoms with Crippen molar-refractivity contribution in [3.63, 3.8) is 0 Å². The van der Waals surface area contributed by atoms with Crippen molar-refractivity contribution in [3.05, 3.63) is 0 Å². The first-order valence-corrected chi connectivity index (χ1v) is 22.8. The molecule has 12 unspecified atom stereocenters. The van der Waals surface area contributed by atoms with Gasteiger partial charge in [-0.05, 0) is 151 Å². The van der Waals surface area contributed by atoms with Gasteiger partial charge in [-0.1, -0.05) is 0 Å². The molecule has 0 aromatic carbocycles. The average molecular weight is 819 g/mol. The minimum Gasteiger partial charge on any atom is -0.465 e. The van der Waals surface area contributed by atoms with Gasteiger partial charge in [-0.2, -0.15) is 0 Å². The van der Waals surface area contributed by atoms with Crippen molar-refractivity contribution in [2.75, 3.05) is 39.6 Å². The zero-order valence-electron chi connectivity index (χ0n) is 34.2. The van der Waals surface area contributed by atoms with Crippen LogP contribution in [0.5, 0.6) is 0 Å². The largest absolute Gasteiger partial charge is 0.508 e.